The number of aryl methyl sites for hydroxylation is 1. The van der Waals surface area contributed by atoms with Crippen LogP contribution in [-0.2, 0) is 11.2 Å². The molecule has 2 heterocycles. The minimum atomic E-state index is 0.00985. The van der Waals surface area contributed by atoms with Crippen LogP contribution < -0.4 is 19.5 Å². The quantitative estimate of drug-likeness (QED) is 0.342. The van der Waals surface area contributed by atoms with Gasteiger partial charge in [-0.1, -0.05) is 30.3 Å². The van der Waals surface area contributed by atoms with Crippen molar-refractivity contribution in [3.05, 3.63) is 66.2 Å². The summed E-state index contributed by atoms with van der Waals surface area (Å²) in [6, 6.07) is 19.1. The third kappa shape index (κ3) is 5.61. The van der Waals surface area contributed by atoms with E-state index in [0.717, 1.165) is 18.4 Å². The molecule has 9 heteroatoms. The number of carbonyl (C=O) groups is 1. The summed E-state index contributed by atoms with van der Waals surface area (Å²) in [5, 5.41) is 15.8. The van der Waals surface area contributed by atoms with Crippen LogP contribution in [0.25, 0.3) is 17.0 Å². The number of ether oxygens (including phenoxy) is 3. The number of benzene rings is 2. The SMILES string of the molecule is COc1ccc(-c2nnc3ccc(OCCNC(=O)CCCc4ccccc4)nn23)c(OC)c1. The molecule has 9 nitrogen and oxygen atoms in total. The number of hydrogen-bond donors (Lipinski definition) is 1. The van der Waals surface area contributed by atoms with Crippen molar-refractivity contribution in [3.63, 3.8) is 0 Å². The molecule has 176 valence electrons. The summed E-state index contributed by atoms with van der Waals surface area (Å²) in [4.78, 5) is 12.1. The Balaban J connectivity index is 1.32. The van der Waals surface area contributed by atoms with Crippen molar-refractivity contribution >= 4 is 11.6 Å². The van der Waals surface area contributed by atoms with Gasteiger partial charge in [-0.05, 0) is 36.6 Å². The molecule has 2 aromatic carbocycles. The predicted molar refractivity (Wildman–Crippen MR) is 127 cm³/mol. The fourth-order valence-electron chi connectivity index (χ4n) is 3.53. The van der Waals surface area contributed by atoms with Gasteiger partial charge in [-0.2, -0.15) is 4.52 Å². The van der Waals surface area contributed by atoms with Crippen LogP contribution in [0, 0.1) is 0 Å². The number of aromatic nitrogens is 4. The lowest BCUT2D eigenvalue weighted by atomic mass is 10.1. The fraction of sp³-hybridized carbons (Fsp3) is 0.280. The summed E-state index contributed by atoms with van der Waals surface area (Å²) in [5.41, 5.74) is 2.54. The van der Waals surface area contributed by atoms with Gasteiger partial charge in [0.25, 0.3) is 0 Å². The van der Waals surface area contributed by atoms with E-state index in [1.165, 1.54) is 5.56 Å². The van der Waals surface area contributed by atoms with Crippen LogP contribution in [0.4, 0.5) is 0 Å². The molecule has 0 fully saturated rings. The van der Waals surface area contributed by atoms with E-state index in [2.05, 4.69) is 32.7 Å². The molecule has 0 aliphatic heterocycles. The molecule has 0 aliphatic rings. The first kappa shape index (κ1) is 23.0. The summed E-state index contributed by atoms with van der Waals surface area (Å²) >= 11 is 0. The minimum absolute atomic E-state index is 0.00985. The molecule has 4 rings (SSSR count). The molecule has 34 heavy (non-hydrogen) atoms. The molecule has 1 N–H and O–H groups in total. The zero-order chi connectivity index (χ0) is 23.8. The van der Waals surface area contributed by atoms with E-state index >= 15 is 0 Å². The highest BCUT2D eigenvalue weighted by Gasteiger charge is 2.16. The Morgan fingerprint density at radius 3 is 2.65 bits per heavy atom. The van der Waals surface area contributed by atoms with Crippen molar-refractivity contribution in [1.29, 1.82) is 0 Å². The van der Waals surface area contributed by atoms with E-state index in [-0.39, 0.29) is 5.91 Å². The number of carbonyl (C=O) groups excluding carboxylic acids is 1. The van der Waals surface area contributed by atoms with Crippen LogP contribution >= 0.6 is 0 Å². The molecule has 0 unspecified atom stereocenters. The summed E-state index contributed by atoms with van der Waals surface area (Å²) in [6.07, 6.45) is 2.17. The minimum Gasteiger partial charge on any atom is -0.497 e. The lowest BCUT2D eigenvalue weighted by molar-refractivity contribution is -0.121. The standard InChI is InChI=1S/C25H27N5O4/c1-32-19-11-12-20(21(17-19)33-2)25-28-27-22-13-14-24(29-30(22)25)34-16-15-26-23(31)10-6-9-18-7-4-3-5-8-18/h3-5,7-8,11-14,17H,6,9-10,15-16H2,1-2H3,(H,26,31). The van der Waals surface area contributed by atoms with E-state index in [1.54, 1.807) is 36.9 Å². The Hall–Kier alpha value is -4.14. The largest absolute Gasteiger partial charge is 0.497 e. The Bertz CT molecular complexity index is 1240. The van der Waals surface area contributed by atoms with Crippen LogP contribution in [0.3, 0.4) is 0 Å². The molecule has 4 aromatic rings. The van der Waals surface area contributed by atoms with Gasteiger partial charge >= 0.3 is 0 Å². The predicted octanol–water partition coefficient (Wildman–Crippen LogP) is 3.33. The molecule has 0 saturated heterocycles. The molecular formula is C25H27N5O4. The summed E-state index contributed by atoms with van der Waals surface area (Å²) < 4.78 is 18.1. The Morgan fingerprint density at radius 2 is 1.85 bits per heavy atom. The molecule has 2 aromatic heterocycles. The number of rotatable bonds is 11. The van der Waals surface area contributed by atoms with Crippen molar-refractivity contribution in [2.45, 2.75) is 19.3 Å². The lowest BCUT2D eigenvalue weighted by Crippen LogP contribution is -2.28. The van der Waals surface area contributed by atoms with Gasteiger partial charge in [0.1, 0.15) is 18.1 Å². The van der Waals surface area contributed by atoms with Gasteiger partial charge in [0.2, 0.25) is 11.8 Å². The zero-order valence-corrected chi connectivity index (χ0v) is 19.2. The average Bonchev–Trinajstić information content (AvgIpc) is 3.30. The Morgan fingerprint density at radius 1 is 1.00 bits per heavy atom. The van der Waals surface area contributed by atoms with Gasteiger partial charge < -0.3 is 19.5 Å². The number of amides is 1. The first-order chi connectivity index (χ1) is 16.7. The van der Waals surface area contributed by atoms with Crippen molar-refractivity contribution < 1.29 is 19.0 Å². The first-order valence-electron chi connectivity index (χ1n) is 11.1. The van der Waals surface area contributed by atoms with Crippen molar-refractivity contribution in [2.75, 3.05) is 27.4 Å². The third-order valence-electron chi connectivity index (χ3n) is 5.27. The van der Waals surface area contributed by atoms with Crippen molar-refractivity contribution in [2.24, 2.45) is 0 Å². The normalized spacial score (nSPS) is 10.8. The molecule has 1 amide bonds. The molecule has 0 atom stereocenters. The second-order valence-electron chi connectivity index (χ2n) is 7.57. The maximum Gasteiger partial charge on any atom is 0.231 e. The number of nitrogens with one attached hydrogen (secondary N) is 1. The van der Waals surface area contributed by atoms with Gasteiger partial charge in [-0.3, -0.25) is 4.79 Å². The Kier molecular flexibility index (Phi) is 7.54. The lowest BCUT2D eigenvalue weighted by Gasteiger charge is -2.10. The maximum atomic E-state index is 12.1. The number of fused-ring (bicyclic) bond motifs is 1. The molecule has 0 spiro atoms. The molecular weight excluding hydrogens is 434 g/mol. The van der Waals surface area contributed by atoms with E-state index in [4.69, 9.17) is 14.2 Å². The van der Waals surface area contributed by atoms with Gasteiger partial charge in [0.15, 0.2) is 11.5 Å². The second kappa shape index (κ2) is 11.1. The monoisotopic (exact) mass is 461 g/mol. The molecule has 0 radical (unpaired) electrons. The van der Waals surface area contributed by atoms with Gasteiger partial charge in [-0.25, -0.2) is 0 Å². The average molecular weight is 462 g/mol. The van der Waals surface area contributed by atoms with E-state index in [1.807, 2.05) is 30.3 Å². The fourth-order valence-corrected chi connectivity index (χ4v) is 3.53. The van der Waals surface area contributed by atoms with Crippen LogP contribution in [-0.4, -0.2) is 53.1 Å². The van der Waals surface area contributed by atoms with Crippen molar-refractivity contribution in [1.82, 2.24) is 25.1 Å². The smallest absolute Gasteiger partial charge is 0.231 e. The highest BCUT2D eigenvalue weighted by Crippen LogP contribution is 2.32. The van der Waals surface area contributed by atoms with Crippen molar-refractivity contribution in [3.8, 4) is 28.8 Å². The third-order valence-corrected chi connectivity index (χ3v) is 5.27. The highest BCUT2D eigenvalue weighted by atomic mass is 16.5. The summed E-state index contributed by atoms with van der Waals surface area (Å²) in [5.74, 6) is 2.20. The summed E-state index contributed by atoms with van der Waals surface area (Å²) in [7, 11) is 3.18. The Labute approximate surface area is 197 Å². The molecule has 0 aliphatic carbocycles. The zero-order valence-electron chi connectivity index (χ0n) is 19.2. The number of hydrogen-bond acceptors (Lipinski definition) is 7. The topological polar surface area (TPSA) is 99.9 Å². The van der Waals surface area contributed by atoms with E-state index in [9.17, 15) is 4.79 Å². The van der Waals surface area contributed by atoms with Gasteiger partial charge in [0, 0.05) is 18.6 Å². The number of methoxy groups -OCH3 is 2. The second-order valence-corrected chi connectivity index (χ2v) is 7.57. The van der Waals surface area contributed by atoms with Gasteiger partial charge in [0.05, 0.1) is 26.3 Å². The summed E-state index contributed by atoms with van der Waals surface area (Å²) in [6.45, 7) is 0.692. The van der Waals surface area contributed by atoms with Crippen LogP contribution in [0.2, 0.25) is 0 Å². The van der Waals surface area contributed by atoms with Crippen LogP contribution in [0.1, 0.15) is 18.4 Å². The molecule has 0 bridgehead atoms. The van der Waals surface area contributed by atoms with E-state index < -0.39 is 0 Å². The number of nitrogens with zero attached hydrogens (tertiary/aromatic N) is 4. The van der Waals surface area contributed by atoms with Crippen LogP contribution in [0.15, 0.2) is 60.7 Å². The first-order valence-corrected chi connectivity index (χ1v) is 11.1. The van der Waals surface area contributed by atoms with E-state index in [0.29, 0.717) is 48.4 Å². The maximum absolute atomic E-state index is 12.1. The van der Waals surface area contributed by atoms with Crippen LogP contribution in [0.5, 0.6) is 17.4 Å². The highest BCUT2D eigenvalue weighted by molar-refractivity contribution is 5.75. The van der Waals surface area contributed by atoms with Gasteiger partial charge in [-0.15, -0.1) is 15.3 Å². The molecule has 0 saturated carbocycles.